The number of hydrogen-bond acceptors (Lipinski definition) is 4. The number of pyridine rings is 1. The van der Waals surface area contributed by atoms with Crippen molar-refractivity contribution in [2.45, 2.75) is 6.42 Å². The summed E-state index contributed by atoms with van der Waals surface area (Å²) in [6.07, 6.45) is 2.56. The first-order valence-corrected chi connectivity index (χ1v) is 8.23. The first-order valence-electron chi connectivity index (χ1n) is 8.23. The molecule has 1 heterocycles. The molecule has 0 aliphatic carbocycles. The van der Waals surface area contributed by atoms with Crippen molar-refractivity contribution < 1.29 is 9.53 Å². The number of fused-ring (bicyclic) bond motifs is 1. The average Bonchev–Trinajstić information content (AvgIpc) is 2.66. The fourth-order valence-electron chi connectivity index (χ4n) is 2.66. The first kappa shape index (κ1) is 16.9. The topological polar surface area (TPSA) is 63.2 Å². The van der Waals surface area contributed by atoms with Gasteiger partial charge in [0.2, 0.25) is 5.91 Å². The van der Waals surface area contributed by atoms with Crippen LogP contribution < -0.4 is 15.4 Å². The zero-order valence-corrected chi connectivity index (χ0v) is 14.2. The number of nitrogens with one attached hydrogen (secondary N) is 2. The van der Waals surface area contributed by atoms with E-state index in [4.69, 9.17) is 4.74 Å². The summed E-state index contributed by atoms with van der Waals surface area (Å²) in [4.78, 5) is 16.5. The van der Waals surface area contributed by atoms with E-state index in [1.807, 2.05) is 54.6 Å². The van der Waals surface area contributed by atoms with Gasteiger partial charge >= 0.3 is 0 Å². The van der Waals surface area contributed by atoms with Gasteiger partial charge in [-0.25, -0.2) is 0 Å². The van der Waals surface area contributed by atoms with E-state index in [0.717, 1.165) is 28.8 Å². The van der Waals surface area contributed by atoms with Crippen LogP contribution in [0.3, 0.4) is 0 Å². The second-order valence-electron chi connectivity index (χ2n) is 5.71. The van der Waals surface area contributed by atoms with Crippen LogP contribution in [0.2, 0.25) is 0 Å². The number of rotatable bonds is 7. The normalized spacial score (nSPS) is 10.6. The molecule has 0 atom stereocenters. The summed E-state index contributed by atoms with van der Waals surface area (Å²) in [7, 11) is 1.66. The quantitative estimate of drug-likeness (QED) is 0.652. The number of benzene rings is 2. The maximum absolute atomic E-state index is 12.1. The number of nitrogens with zero attached hydrogens (tertiary/aromatic N) is 1. The maximum Gasteiger partial charge on any atom is 0.238 e. The fraction of sp³-hybridized carbons (Fsp3) is 0.200. The van der Waals surface area contributed by atoms with Gasteiger partial charge in [0, 0.05) is 11.6 Å². The lowest BCUT2D eigenvalue weighted by Gasteiger charge is -2.09. The van der Waals surface area contributed by atoms with Crippen LogP contribution in [0.5, 0.6) is 5.75 Å². The summed E-state index contributed by atoms with van der Waals surface area (Å²) in [6, 6.07) is 17.6. The number of ether oxygens (including phenoxy) is 1. The zero-order valence-electron chi connectivity index (χ0n) is 14.2. The summed E-state index contributed by atoms with van der Waals surface area (Å²) in [5.74, 6) is 0.766. The van der Waals surface area contributed by atoms with Crippen LogP contribution in [0.15, 0.2) is 60.8 Å². The van der Waals surface area contributed by atoms with Gasteiger partial charge in [0.1, 0.15) is 5.75 Å². The molecule has 2 N–H and O–H groups in total. The molecule has 3 aromatic rings. The van der Waals surface area contributed by atoms with Crippen LogP contribution in [-0.4, -0.2) is 31.1 Å². The molecule has 0 aliphatic rings. The van der Waals surface area contributed by atoms with Crippen molar-refractivity contribution in [3.05, 3.63) is 66.4 Å². The summed E-state index contributed by atoms with van der Waals surface area (Å²) in [5.41, 5.74) is 2.71. The Bertz CT molecular complexity index is 859. The fourth-order valence-corrected chi connectivity index (χ4v) is 2.66. The Hall–Kier alpha value is -2.92. The van der Waals surface area contributed by atoms with Gasteiger partial charge in [0.05, 0.1) is 24.9 Å². The molecule has 1 aromatic heterocycles. The summed E-state index contributed by atoms with van der Waals surface area (Å²) < 4.78 is 5.21. The second-order valence-corrected chi connectivity index (χ2v) is 5.71. The van der Waals surface area contributed by atoms with Crippen LogP contribution in [0.1, 0.15) is 5.56 Å². The molecule has 0 radical (unpaired) electrons. The molecule has 25 heavy (non-hydrogen) atoms. The summed E-state index contributed by atoms with van der Waals surface area (Å²) >= 11 is 0. The molecule has 0 spiro atoms. The molecular formula is C20H21N3O2. The lowest BCUT2D eigenvalue weighted by molar-refractivity contribution is -0.115. The van der Waals surface area contributed by atoms with E-state index in [0.29, 0.717) is 6.54 Å². The smallest absolute Gasteiger partial charge is 0.238 e. The number of hydrogen-bond donors (Lipinski definition) is 2. The Morgan fingerprint density at radius 3 is 2.84 bits per heavy atom. The van der Waals surface area contributed by atoms with Gasteiger partial charge in [-0.1, -0.05) is 30.3 Å². The number of aromatic nitrogens is 1. The molecule has 128 valence electrons. The van der Waals surface area contributed by atoms with Crippen molar-refractivity contribution in [3.8, 4) is 5.75 Å². The predicted molar refractivity (Wildman–Crippen MR) is 99.9 cm³/mol. The van der Waals surface area contributed by atoms with Crippen molar-refractivity contribution in [2.75, 3.05) is 25.5 Å². The van der Waals surface area contributed by atoms with E-state index in [2.05, 4.69) is 15.6 Å². The number of anilines is 1. The van der Waals surface area contributed by atoms with Crippen LogP contribution in [0, 0.1) is 0 Å². The Morgan fingerprint density at radius 1 is 1.12 bits per heavy atom. The summed E-state index contributed by atoms with van der Waals surface area (Å²) in [6.45, 7) is 0.974. The van der Waals surface area contributed by atoms with Crippen LogP contribution in [0.25, 0.3) is 10.9 Å². The van der Waals surface area contributed by atoms with Gasteiger partial charge in [0.15, 0.2) is 0 Å². The minimum absolute atomic E-state index is 0.0798. The van der Waals surface area contributed by atoms with Crippen molar-refractivity contribution in [1.82, 2.24) is 10.3 Å². The summed E-state index contributed by atoms with van der Waals surface area (Å²) in [5, 5.41) is 7.09. The molecule has 0 saturated heterocycles. The average molecular weight is 335 g/mol. The largest absolute Gasteiger partial charge is 0.497 e. The third-order valence-electron chi connectivity index (χ3n) is 3.92. The van der Waals surface area contributed by atoms with Gasteiger partial charge in [-0.3, -0.25) is 9.78 Å². The van der Waals surface area contributed by atoms with Crippen LogP contribution in [0.4, 0.5) is 5.69 Å². The molecule has 0 unspecified atom stereocenters. The van der Waals surface area contributed by atoms with Crippen molar-refractivity contribution in [1.29, 1.82) is 0 Å². The van der Waals surface area contributed by atoms with Gasteiger partial charge in [-0.05, 0) is 42.8 Å². The van der Waals surface area contributed by atoms with Crippen molar-refractivity contribution >= 4 is 22.5 Å². The first-order chi connectivity index (χ1) is 12.3. The van der Waals surface area contributed by atoms with Gasteiger partial charge in [-0.2, -0.15) is 0 Å². The maximum atomic E-state index is 12.1. The number of amides is 1. The molecule has 5 nitrogen and oxygen atoms in total. The monoisotopic (exact) mass is 335 g/mol. The van der Waals surface area contributed by atoms with E-state index >= 15 is 0 Å². The van der Waals surface area contributed by atoms with E-state index in [9.17, 15) is 4.79 Å². The highest BCUT2D eigenvalue weighted by Gasteiger charge is 2.06. The third-order valence-corrected chi connectivity index (χ3v) is 3.92. The number of carbonyl (C=O) groups is 1. The van der Waals surface area contributed by atoms with Gasteiger partial charge in [-0.15, -0.1) is 0 Å². The Kier molecular flexibility index (Phi) is 5.59. The van der Waals surface area contributed by atoms with Crippen LogP contribution >= 0.6 is 0 Å². The van der Waals surface area contributed by atoms with Crippen LogP contribution in [-0.2, 0) is 11.2 Å². The Balaban J connectivity index is 1.49. The lowest BCUT2D eigenvalue weighted by atomic mass is 10.1. The number of para-hydroxylation sites is 1. The molecule has 2 aromatic carbocycles. The van der Waals surface area contributed by atoms with Gasteiger partial charge in [0.25, 0.3) is 0 Å². The molecule has 5 heteroatoms. The standard InChI is InChI=1S/C20H21N3O2/c1-25-17-8-2-5-15(13-17)10-12-21-14-19(24)23-18-9-3-6-16-7-4-11-22-20(16)18/h2-9,11,13,21H,10,12,14H2,1H3,(H,23,24). The van der Waals surface area contributed by atoms with E-state index in [1.165, 1.54) is 5.56 Å². The molecule has 0 saturated carbocycles. The molecule has 0 bridgehead atoms. The Morgan fingerprint density at radius 2 is 1.96 bits per heavy atom. The van der Waals surface area contributed by atoms with E-state index in [-0.39, 0.29) is 12.5 Å². The third kappa shape index (κ3) is 4.55. The minimum Gasteiger partial charge on any atom is -0.497 e. The molecule has 3 rings (SSSR count). The highest BCUT2D eigenvalue weighted by atomic mass is 16.5. The molecule has 0 aliphatic heterocycles. The highest BCUT2D eigenvalue weighted by molar-refractivity contribution is 6.00. The highest BCUT2D eigenvalue weighted by Crippen LogP contribution is 2.20. The number of carbonyl (C=O) groups excluding carboxylic acids is 1. The minimum atomic E-state index is -0.0798. The zero-order chi connectivity index (χ0) is 17.5. The van der Waals surface area contributed by atoms with Crippen molar-refractivity contribution in [3.63, 3.8) is 0 Å². The number of methoxy groups -OCH3 is 1. The SMILES string of the molecule is COc1cccc(CCNCC(=O)Nc2cccc3cccnc23)c1. The van der Waals surface area contributed by atoms with E-state index < -0.39 is 0 Å². The molecule has 0 fully saturated rings. The predicted octanol–water partition coefficient (Wildman–Crippen LogP) is 3.01. The molecule has 1 amide bonds. The Labute approximate surface area is 147 Å². The lowest BCUT2D eigenvalue weighted by Crippen LogP contribution is -2.29. The van der Waals surface area contributed by atoms with E-state index in [1.54, 1.807) is 13.3 Å². The molecular weight excluding hydrogens is 314 g/mol. The van der Waals surface area contributed by atoms with Crippen molar-refractivity contribution in [2.24, 2.45) is 0 Å². The second kappa shape index (κ2) is 8.26. The van der Waals surface area contributed by atoms with Gasteiger partial charge < -0.3 is 15.4 Å².